The van der Waals surface area contributed by atoms with Crippen LogP contribution in [0.15, 0.2) is 158 Å². The maximum atomic E-state index is 2.47. The molecule has 1 aliphatic carbocycles. The van der Waals surface area contributed by atoms with Gasteiger partial charge in [-0.15, -0.1) is 0 Å². The normalized spacial score (nSPS) is 12.6. The summed E-state index contributed by atoms with van der Waals surface area (Å²) in [4.78, 5) is 0. The summed E-state index contributed by atoms with van der Waals surface area (Å²) in [7, 11) is 0. The van der Waals surface area contributed by atoms with Crippen LogP contribution in [0, 0.1) is 0 Å². The van der Waals surface area contributed by atoms with Crippen LogP contribution in [0.3, 0.4) is 0 Å². The number of hydrogen-bond acceptors (Lipinski definition) is 0. The molecule has 0 fully saturated rings. The van der Waals surface area contributed by atoms with Crippen molar-refractivity contribution in [1.82, 2.24) is 4.57 Å². The number of hydrogen-bond donors (Lipinski definition) is 0. The standard InChI is InChI=1S/C50H35N/c1-50(2,3)38-19-14-30(15-20-38)33-12-13-34-26-42-44(28-36(34)24-33)43-27-35-16-21-39(25-37(35)29-45(42)43)51-46-22-17-31-8-4-6-10-40(31)48(46)49-41-11-7-5-9-32(41)18-23-47(49)51/h4-29H,1-3H3. The van der Waals surface area contributed by atoms with Crippen LogP contribution in [0.5, 0.6) is 0 Å². The highest BCUT2D eigenvalue weighted by Crippen LogP contribution is 2.51. The molecule has 51 heavy (non-hydrogen) atoms. The molecule has 0 spiro atoms. The second kappa shape index (κ2) is 10.2. The van der Waals surface area contributed by atoms with Crippen LogP contribution in [-0.4, -0.2) is 4.57 Å². The molecule has 240 valence electrons. The van der Waals surface area contributed by atoms with E-state index in [1.165, 1.54) is 110 Å². The third-order valence-corrected chi connectivity index (χ3v) is 11.4. The van der Waals surface area contributed by atoms with Crippen molar-refractivity contribution in [1.29, 1.82) is 0 Å². The molecule has 0 aliphatic heterocycles. The number of benzene rings is 9. The van der Waals surface area contributed by atoms with Crippen LogP contribution in [0.25, 0.3) is 104 Å². The highest BCUT2D eigenvalue weighted by atomic mass is 15.0. The van der Waals surface area contributed by atoms with Gasteiger partial charge in [-0.3, -0.25) is 0 Å². The number of rotatable bonds is 2. The zero-order valence-corrected chi connectivity index (χ0v) is 29.0. The lowest BCUT2D eigenvalue weighted by molar-refractivity contribution is 0.590. The van der Waals surface area contributed by atoms with E-state index in [9.17, 15) is 0 Å². The van der Waals surface area contributed by atoms with Gasteiger partial charge in [-0.2, -0.15) is 0 Å². The Morgan fingerprint density at radius 2 is 0.843 bits per heavy atom. The largest absolute Gasteiger partial charge is 0.309 e. The highest BCUT2D eigenvalue weighted by molar-refractivity contribution is 6.28. The van der Waals surface area contributed by atoms with Crippen molar-refractivity contribution < 1.29 is 0 Å². The second-order valence-electron chi connectivity index (χ2n) is 15.4. The van der Waals surface area contributed by atoms with Crippen molar-refractivity contribution in [2.24, 2.45) is 0 Å². The van der Waals surface area contributed by atoms with Crippen LogP contribution in [0.1, 0.15) is 26.3 Å². The van der Waals surface area contributed by atoms with Crippen molar-refractivity contribution in [3.63, 3.8) is 0 Å². The maximum Gasteiger partial charge on any atom is 0.0547 e. The van der Waals surface area contributed by atoms with Gasteiger partial charge in [0, 0.05) is 16.5 Å². The van der Waals surface area contributed by atoms with E-state index in [2.05, 4.69) is 183 Å². The molecule has 0 N–H and O–H groups in total. The summed E-state index contributed by atoms with van der Waals surface area (Å²) in [6, 6.07) is 59.3. The molecule has 10 aromatic rings. The predicted octanol–water partition coefficient (Wildman–Crippen LogP) is 14.0. The third-order valence-electron chi connectivity index (χ3n) is 11.4. The van der Waals surface area contributed by atoms with Crippen LogP contribution >= 0.6 is 0 Å². The molecule has 11 rings (SSSR count). The van der Waals surface area contributed by atoms with Gasteiger partial charge >= 0.3 is 0 Å². The van der Waals surface area contributed by atoms with Crippen LogP contribution in [0.4, 0.5) is 0 Å². The lowest BCUT2D eigenvalue weighted by Crippen LogP contribution is -2.10. The molecular formula is C50H35N. The van der Waals surface area contributed by atoms with E-state index in [1.54, 1.807) is 0 Å². The second-order valence-corrected chi connectivity index (χ2v) is 15.4. The molecule has 0 amide bonds. The minimum absolute atomic E-state index is 0.152. The summed E-state index contributed by atoms with van der Waals surface area (Å²) >= 11 is 0. The van der Waals surface area contributed by atoms with Gasteiger partial charge in [-0.05, 0) is 142 Å². The van der Waals surface area contributed by atoms with Gasteiger partial charge in [0.1, 0.15) is 0 Å². The van der Waals surface area contributed by atoms with Crippen molar-refractivity contribution in [3.8, 4) is 39.1 Å². The molecule has 1 aromatic heterocycles. The first-order valence-electron chi connectivity index (χ1n) is 18.0. The van der Waals surface area contributed by atoms with E-state index in [0.717, 1.165) is 0 Å². The number of fused-ring (bicyclic) bond motifs is 13. The van der Waals surface area contributed by atoms with Gasteiger partial charge in [0.15, 0.2) is 0 Å². The molecule has 0 bridgehead atoms. The summed E-state index contributed by atoms with van der Waals surface area (Å²) in [6.45, 7) is 6.80. The molecule has 0 radical (unpaired) electrons. The first-order valence-corrected chi connectivity index (χ1v) is 18.0. The van der Waals surface area contributed by atoms with Gasteiger partial charge in [0.05, 0.1) is 11.0 Å². The topological polar surface area (TPSA) is 4.93 Å². The van der Waals surface area contributed by atoms with Gasteiger partial charge in [-0.1, -0.05) is 124 Å². The van der Waals surface area contributed by atoms with E-state index < -0.39 is 0 Å². The molecular weight excluding hydrogens is 615 g/mol. The van der Waals surface area contributed by atoms with Gasteiger partial charge in [0.25, 0.3) is 0 Å². The Bertz CT molecular complexity index is 3000. The maximum absolute atomic E-state index is 2.47. The Labute approximate surface area is 297 Å². The molecule has 0 saturated carbocycles. The van der Waals surface area contributed by atoms with E-state index in [4.69, 9.17) is 0 Å². The van der Waals surface area contributed by atoms with E-state index in [1.807, 2.05) is 0 Å². The van der Waals surface area contributed by atoms with Crippen LogP contribution < -0.4 is 0 Å². The van der Waals surface area contributed by atoms with E-state index in [0.29, 0.717) is 0 Å². The average Bonchev–Trinajstić information content (AvgIpc) is 3.51. The van der Waals surface area contributed by atoms with Gasteiger partial charge in [0.2, 0.25) is 0 Å². The summed E-state index contributed by atoms with van der Waals surface area (Å²) < 4.78 is 2.47. The first kappa shape index (κ1) is 28.6. The molecule has 0 unspecified atom stereocenters. The van der Waals surface area contributed by atoms with Gasteiger partial charge in [-0.25, -0.2) is 0 Å². The lowest BCUT2D eigenvalue weighted by Gasteiger charge is -2.26. The van der Waals surface area contributed by atoms with Crippen molar-refractivity contribution in [3.05, 3.63) is 163 Å². The molecule has 9 aromatic carbocycles. The van der Waals surface area contributed by atoms with Crippen molar-refractivity contribution >= 4 is 64.9 Å². The molecule has 1 nitrogen and oxygen atoms in total. The summed E-state index contributed by atoms with van der Waals surface area (Å²) in [5, 5.41) is 12.9. The lowest BCUT2D eigenvalue weighted by atomic mass is 9.77. The van der Waals surface area contributed by atoms with Crippen molar-refractivity contribution in [2.45, 2.75) is 26.2 Å². The minimum atomic E-state index is 0.152. The fraction of sp³-hybridized carbons (Fsp3) is 0.0800. The average molecular weight is 650 g/mol. The van der Waals surface area contributed by atoms with Crippen molar-refractivity contribution in [2.75, 3.05) is 0 Å². The Hall–Kier alpha value is -6.18. The SMILES string of the molecule is CC(C)(C)c1ccc(-c2ccc3cc4c(cc3c2)-c2cc3ccc(-n5c6ccc7ccccc7c6c6c7ccccc7ccc65)cc3cc2-4)cc1. The number of aromatic nitrogens is 1. The first-order chi connectivity index (χ1) is 24.9. The van der Waals surface area contributed by atoms with E-state index >= 15 is 0 Å². The fourth-order valence-electron chi connectivity index (χ4n) is 8.72. The molecule has 1 heteroatoms. The van der Waals surface area contributed by atoms with Crippen LogP contribution in [0.2, 0.25) is 0 Å². The Morgan fingerprint density at radius 3 is 1.41 bits per heavy atom. The summed E-state index contributed by atoms with van der Waals surface area (Å²) in [5.74, 6) is 0. The molecule has 1 heterocycles. The van der Waals surface area contributed by atoms with E-state index in [-0.39, 0.29) is 5.41 Å². The number of nitrogens with zero attached hydrogens (tertiary/aromatic N) is 1. The third kappa shape index (κ3) is 4.15. The van der Waals surface area contributed by atoms with Gasteiger partial charge < -0.3 is 4.57 Å². The summed E-state index contributed by atoms with van der Waals surface area (Å²) in [6.07, 6.45) is 0. The molecule has 1 aliphatic rings. The zero-order chi connectivity index (χ0) is 34.0. The highest BCUT2D eigenvalue weighted by Gasteiger charge is 2.24. The monoisotopic (exact) mass is 649 g/mol. The predicted molar refractivity (Wildman–Crippen MR) is 219 cm³/mol. The Kier molecular flexibility index (Phi) is 5.72. The molecule has 0 atom stereocenters. The molecule has 0 saturated heterocycles. The fourth-order valence-corrected chi connectivity index (χ4v) is 8.72. The Morgan fingerprint density at radius 1 is 0.373 bits per heavy atom. The zero-order valence-electron chi connectivity index (χ0n) is 29.0. The quantitative estimate of drug-likeness (QED) is 0.176. The Balaban J connectivity index is 1.04. The van der Waals surface area contributed by atoms with Crippen LogP contribution in [-0.2, 0) is 5.41 Å². The minimum Gasteiger partial charge on any atom is -0.309 e. The summed E-state index contributed by atoms with van der Waals surface area (Å²) in [5.41, 5.74) is 13.1. The smallest absolute Gasteiger partial charge is 0.0547 e.